The predicted molar refractivity (Wildman–Crippen MR) is 75.1 cm³/mol. The van der Waals surface area contributed by atoms with Crippen LogP contribution < -0.4 is 10.5 Å². The molecule has 0 bridgehead atoms. The number of benzene rings is 1. The van der Waals surface area contributed by atoms with Crippen LogP contribution in [0.25, 0.3) is 0 Å². The largest absolute Gasteiger partial charge is 0.486 e. The molecule has 102 valence electrons. The summed E-state index contributed by atoms with van der Waals surface area (Å²) in [5, 5.41) is 0.929. The molecule has 0 aliphatic rings. The Hall–Kier alpha value is -1.46. The molecule has 0 aliphatic carbocycles. The minimum absolute atomic E-state index is 0.267. The van der Waals surface area contributed by atoms with Gasteiger partial charge < -0.3 is 10.5 Å². The van der Waals surface area contributed by atoms with Gasteiger partial charge in [0, 0.05) is 4.88 Å². The first-order valence-corrected chi connectivity index (χ1v) is 6.96. The second-order valence-corrected chi connectivity index (χ2v) is 5.62. The number of hydrogen-bond donors (Lipinski definition) is 1. The Labute approximate surface area is 116 Å². The normalized spacial score (nSPS) is 10.7. The van der Waals surface area contributed by atoms with Crippen LogP contribution in [0.4, 0.5) is 4.39 Å². The molecule has 0 fully saturated rings. The highest BCUT2D eigenvalue weighted by Crippen LogP contribution is 2.23. The van der Waals surface area contributed by atoms with Crippen molar-refractivity contribution in [1.82, 2.24) is 4.98 Å². The summed E-state index contributed by atoms with van der Waals surface area (Å²) < 4.78 is 18.9. The highest BCUT2D eigenvalue weighted by Gasteiger charge is 2.08. The molecule has 3 nitrogen and oxygen atoms in total. The van der Waals surface area contributed by atoms with Gasteiger partial charge in [-0.2, -0.15) is 0 Å². The topological polar surface area (TPSA) is 48.1 Å². The highest BCUT2D eigenvalue weighted by molar-refractivity contribution is 7.11. The highest BCUT2D eigenvalue weighted by atomic mass is 32.1. The van der Waals surface area contributed by atoms with Crippen LogP contribution in [0.15, 0.2) is 18.2 Å². The minimum atomic E-state index is -0.267. The summed E-state index contributed by atoms with van der Waals surface area (Å²) in [4.78, 5) is 5.61. The zero-order valence-corrected chi connectivity index (χ0v) is 11.9. The van der Waals surface area contributed by atoms with Crippen molar-refractivity contribution in [2.24, 2.45) is 5.73 Å². The molecule has 0 saturated heterocycles. The lowest BCUT2D eigenvalue weighted by Crippen LogP contribution is -2.06. The van der Waals surface area contributed by atoms with E-state index in [0.717, 1.165) is 16.3 Å². The summed E-state index contributed by atoms with van der Waals surface area (Å²) in [7, 11) is 0. The van der Waals surface area contributed by atoms with Gasteiger partial charge in [-0.25, -0.2) is 9.37 Å². The first kappa shape index (κ1) is 14.0. The first-order chi connectivity index (χ1) is 9.10. The van der Waals surface area contributed by atoms with E-state index in [1.165, 1.54) is 17.0 Å². The van der Waals surface area contributed by atoms with Crippen molar-refractivity contribution >= 4 is 11.3 Å². The van der Waals surface area contributed by atoms with E-state index in [0.29, 0.717) is 25.3 Å². The summed E-state index contributed by atoms with van der Waals surface area (Å²) in [6, 6.07) is 4.52. The van der Waals surface area contributed by atoms with Crippen LogP contribution in [0.5, 0.6) is 5.75 Å². The molecule has 0 unspecified atom stereocenters. The van der Waals surface area contributed by atoms with Crippen molar-refractivity contribution in [2.45, 2.75) is 26.9 Å². The zero-order valence-electron chi connectivity index (χ0n) is 11.1. The maximum Gasteiger partial charge on any atom is 0.140 e. The SMILES string of the molecule is Cc1nc(COc2ccc(F)cc2CCN)sc1C. The number of aromatic nitrogens is 1. The number of hydrogen-bond acceptors (Lipinski definition) is 4. The average molecular weight is 280 g/mol. The summed E-state index contributed by atoms with van der Waals surface area (Å²) in [6.07, 6.45) is 0.600. The molecule has 2 N–H and O–H groups in total. The van der Waals surface area contributed by atoms with Crippen LogP contribution in [-0.4, -0.2) is 11.5 Å². The summed E-state index contributed by atoms with van der Waals surface area (Å²) in [5.74, 6) is 0.411. The molecule has 1 aromatic heterocycles. The molecule has 0 atom stereocenters. The smallest absolute Gasteiger partial charge is 0.140 e. The standard InChI is InChI=1S/C14H17FN2OS/c1-9-10(2)19-14(17-9)8-18-13-4-3-12(15)7-11(13)5-6-16/h3-4,7H,5-6,8,16H2,1-2H3. The predicted octanol–water partition coefficient (Wildman–Crippen LogP) is 2.98. The van der Waals surface area contributed by atoms with Gasteiger partial charge in [0.25, 0.3) is 0 Å². The van der Waals surface area contributed by atoms with E-state index in [1.807, 2.05) is 13.8 Å². The number of halogens is 1. The van der Waals surface area contributed by atoms with E-state index in [9.17, 15) is 4.39 Å². The van der Waals surface area contributed by atoms with Crippen LogP contribution >= 0.6 is 11.3 Å². The second kappa shape index (κ2) is 6.12. The van der Waals surface area contributed by atoms with Gasteiger partial charge in [0.05, 0.1) is 5.69 Å². The third-order valence-corrected chi connectivity index (χ3v) is 3.91. The van der Waals surface area contributed by atoms with Crippen molar-refractivity contribution in [3.05, 3.63) is 45.2 Å². The Balaban J connectivity index is 2.10. The fourth-order valence-electron chi connectivity index (χ4n) is 1.78. The molecule has 1 aromatic carbocycles. The molecule has 0 radical (unpaired) electrons. The molecular formula is C14H17FN2OS. The van der Waals surface area contributed by atoms with E-state index in [2.05, 4.69) is 4.98 Å². The van der Waals surface area contributed by atoms with Gasteiger partial charge in [-0.15, -0.1) is 11.3 Å². The van der Waals surface area contributed by atoms with Crippen molar-refractivity contribution in [1.29, 1.82) is 0 Å². The van der Waals surface area contributed by atoms with Crippen molar-refractivity contribution < 1.29 is 9.13 Å². The van der Waals surface area contributed by atoms with Gasteiger partial charge in [-0.05, 0) is 50.6 Å². The van der Waals surface area contributed by atoms with Crippen molar-refractivity contribution in [2.75, 3.05) is 6.54 Å². The second-order valence-electron chi connectivity index (χ2n) is 4.33. The zero-order chi connectivity index (χ0) is 13.8. The van der Waals surface area contributed by atoms with Crippen LogP contribution in [0.1, 0.15) is 21.1 Å². The first-order valence-electron chi connectivity index (χ1n) is 6.14. The van der Waals surface area contributed by atoms with Crippen LogP contribution in [-0.2, 0) is 13.0 Å². The Morgan fingerprint density at radius 2 is 2.16 bits per heavy atom. The lowest BCUT2D eigenvalue weighted by molar-refractivity contribution is 0.301. The molecule has 5 heteroatoms. The number of aryl methyl sites for hydroxylation is 2. The van der Waals surface area contributed by atoms with Crippen molar-refractivity contribution in [3.8, 4) is 5.75 Å². The van der Waals surface area contributed by atoms with Crippen molar-refractivity contribution in [3.63, 3.8) is 0 Å². The fraction of sp³-hybridized carbons (Fsp3) is 0.357. The molecule has 19 heavy (non-hydrogen) atoms. The summed E-state index contributed by atoms with van der Waals surface area (Å²) in [5.41, 5.74) is 7.35. The maximum absolute atomic E-state index is 13.2. The third kappa shape index (κ3) is 3.52. The van der Waals surface area contributed by atoms with Gasteiger partial charge in [-0.3, -0.25) is 0 Å². The number of thiazole rings is 1. The molecule has 0 saturated carbocycles. The average Bonchev–Trinajstić information content (AvgIpc) is 2.68. The third-order valence-electron chi connectivity index (χ3n) is 2.86. The number of nitrogens with two attached hydrogens (primary N) is 1. The molecule has 0 amide bonds. The van der Waals surface area contributed by atoms with Crippen LogP contribution in [0, 0.1) is 19.7 Å². The van der Waals surface area contributed by atoms with Crippen LogP contribution in [0.3, 0.4) is 0 Å². The fourth-order valence-corrected chi connectivity index (χ4v) is 2.63. The Kier molecular flexibility index (Phi) is 4.50. The molecule has 0 spiro atoms. The van der Waals surface area contributed by atoms with E-state index in [-0.39, 0.29) is 5.82 Å². The molecule has 2 aromatic rings. The minimum Gasteiger partial charge on any atom is -0.486 e. The number of rotatable bonds is 5. The van der Waals surface area contributed by atoms with Gasteiger partial charge in [0.2, 0.25) is 0 Å². The van der Waals surface area contributed by atoms with E-state index >= 15 is 0 Å². The lowest BCUT2D eigenvalue weighted by Gasteiger charge is -2.10. The quantitative estimate of drug-likeness (QED) is 0.916. The summed E-state index contributed by atoms with van der Waals surface area (Å²) >= 11 is 1.62. The Bertz CT molecular complexity index is 549. The van der Waals surface area contributed by atoms with E-state index in [1.54, 1.807) is 17.4 Å². The van der Waals surface area contributed by atoms with E-state index < -0.39 is 0 Å². The molecule has 1 heterocycles. The van der Waals surface area contributed by atoms with Gasteiger partial charge in [0.15, 0.2) is 0 Å². The van der Waals surface area contributed by atoms with Gasteiger partial charge in [0.1, 0.15) is 23.2 Å². The number of nitrogens with zero attached hydrogens (tertiary/aromatic N) is 1. The number of ether oxygens (including phenoxy) is 1. The van der Waals surface area contributed by atoms with E-state index in [4.69, 9.17) is 10.5 Å². The monoisotopic (exact) mass is 280 g/mol. The lowest BCUT2D eigenvalue weighted by atomic mass is 10.1. The Morgan fingerprint density at radius 3 is 2.79 bits per heavy atom. The molecule has 0 aliphatic heterocycles. The van der Waals surface area contributed by atoms with Crippen LogP contribution in [0.2, 0.25) is 0 Å². The maximum atomic E-state index is 13.2. The van der Waals surface area contributed by atoms with Gasteiger partial charge in [-0.1, -0.05) is 0 Å². The molecular weight excluding hydrogens is 263 g/mol. The molecule has 2 rings (SSSR count). The van der Waals surface area contributed by atoms with Gasteiger partial charge >= 0.3 is 0 Å². The summed E-state index contributed by atoms with van der Waals surface area (Å²) in [6.45, 7) is 4.89. The Morgan fingerprint density at radius 1 is 1.37 bits per heavy atom.